The van der Waals surface area contributed by atoms with Gasteiger partial charge in [0.1, 0.15) is 5.69 Å². The Labute approximate surface area is 122 Å². The van der Waals surface area contributed by atoms with Crippen LogP contribution in [-0.4, -0.2) is 41.5 Å². The molecule has 1 aromatic heterocycles. The third-order valence-corrected chi connectivity index (χ3v) is 4.44. The largest absolute Gasteiger partial charge is 0.461 e. The number of ether oxygens (including phenoxy) is 1. The molecule has 2 rings (SSSR count). The van der Waals surface area contributed by atoms with Crippen LogP contribution in [0.2, 0.25) is 0 Å². The Balaban J connectivity index is 2.03. The number of amides is 1. The van der Waals surface area contributed by atoms with E-state index in [0.717, 1.165) is 24.2 Å². The Kier molecular flexibility index (Phi) is 5.11. The Morgan fingerprint density at radius 2 is 2.10 bits per heavy atom. The molecule has 110 valence electrons. The van der Waals surface area contributed by atoms with Crippen molar-refractivity contribution in [2.75, 3.05) is 13.7 Å². The van der Waals surface area contributed by atoms with Crippen LogP contribution in [0.4, 0.5) is 0 Å². The van der Waals surface area contributed by atoms with Gasteiger partial charge in [0.05, 0.1) is 6.61 Å². The SMILES string of the molecule is CCOC(=O)c1nc(C(=O)N(C)C2CCCCC2)cs1. The monoisotopic (exact) mass is 296 g/mol. The van der Waals surface area contributed by atoms with Crippen molar-refractivity contribution in [3.63, 3.8) is 0 Å². The summed E-state index contributed by atoms with van der Waals surface area (Å²) in [6.07, 6.45) is 5.71. The van der Waals surface area contributed by atoms with Crippen molar-refractivity contribution in [3.05, 3.63) is 16.1 Å². The van der Waals surface area contributed by atoms with E-state index in [9.17, 15) is 9.59 Å². The molecule has 1 aliphatic carbocycles. The molecule has 0 atom stereocenters. The topological polar surface area (TPSA) is 59.5 Å². The average molecular weight is 296 g/mol. The standard InChI is InChI=1S/C14H20N2O3S/c1-3-19-14(18)12-15-11(9-20-12)13(17)16(2)10-7-5-4-6-8-10/h9-10H,3-8H2,1-2H3. The van der Waals surface area contributed by atoms with Crippen LogP contribution in [-0.2, 0) is 4.74 Å². The fourth-order valence-electron chi connectivity index (χ4n) is 2.47. The van der Waals surface area contributed by atoms with E-state index >= 15 is 0 Å². The number of aromatic nitrogens is 1. The molecule has 5 nitrogen and oxygen atoms in total. The van der Waals surface area contributed by atoms with Gasteiger partial charge in [0, 0.05) is 18.5 Å². The lowest BCUT2D eigenvalue weighted by Crippen LogP contribution is -2.38. The summed E-state index contributed by atoms with van der Waals surface area (Å²) < 4.78 is 4.88. The quantitative estimate of drug-likeness (QED) is 0.802. The summed E-state index contributed by atoms with van der Waals surface area (Å²) in [6, 6.07) is 0.295. The number of hydrogen-bond acceptors (Lipinski definition) is 5. The normalized spacial score (nSPS) is 15.9. The van der Waals surface area contributed by atoms with Crippen LogP contribution in [0.1, 0.15) is 59.3 Å². The molecule has 0 N–H and O–H groups in total. The van der Waals surface area contributed by atoms with E-state index in [1.807, 2.05) is 7.05 Å². The molecule has 1 fully saturated rings. The lowest BCUT2D eigenvalue weighted by Gasteiger charge is -2.30. The number of nitrogens with zero attached hydrogens (tertiary/aromatic N) is 2. The lowest BCUT2D eigenvalue weighted by molar-refractivity contribution is 0.0525. The molecule has 0 unspecified atom stereocenters. The lowest BCUT2D eigenvalue weighted by atomic mass is 9.94. The molecule has 20 heavy (non-hydrogen) atoms. The smallest absolute Gasteiger partial charge is 0.367 e. The fraction of sp³-hybridized carbons (Fsp3) is 0.643. The van der Waals surface area contributed by atoms with Crippen molar-refractivity contribution in [1.29, 1.82) is 0 Å². The van der Waals surface area contributed by atoms with Gasteiger partial charge in [-0.15, -0.1) is 11.3 Å². The van der Waals surface area contributed by atoms with Crippen LogP contribution in [0.5, 0.6) is 0 Å². The van der Waals surface area contributed by atoms with Gasteiger partial charge in [0.15, 0.2) is 0 Å². The molecule has 1 aromatic rings. The van der Waals surface area contributed by atoms with Crippen molar-refractivity contribution < 1.29 is 14.3 Å². The highest BCUT2D eigenvalue weighted by Gasteiger charge is 2.25. The number of carbonyl (C=O) groups is 2. The number of thiazole rings is 1. The second-order valence-electron chi connectivity index (χ2n) is 4.97. The molecule has 1 saturated carbocycles. The van der Waals surface area contributed by atoms with Crippen molar-refractivity contribution in [3.8, 4) is 0 Å². The van der Waals surface area contributed by atoms with Gasteiger partial charge in [-0.05, 0) is 19.8 Å². The number of carbonyl (C=O) groups excluding carboxylic acids is 2. The van der Waals surface area contributed by atoms with Crippen molar-refractivity contribution >= 4 is 23.2 Å². The summed E-state index contributed by atoms with van der Waals surface area (Å²) in [5, 5.41) is 1.88. The molecule has 1 amide bonds. The zero-order valence-electron chi connectivity index (χ0n) is 11.9. The summed E-state index contributed by atoms with van der Waals surface area (Å²) in [5.41, 5.74) is 0.339. The summed E-state index contributed by atoms with van der Waals surface area (Å²) in [7, 11) is 1.82. The number of esters is 1. The predicted octanol–water partition coefficient (Wildman–Crippen LogP) is 2.72. The van der Waals surface area contributed by atoms with E-state index in [1.165, 1.54) is 19.3 Å². The minimum atomic E-state index is -0.461. The van der Waals surface area contributed by atoms with Gasteiger partial charge in [-0.2, -0.15) is 0 Å². The second kappa shape index (κ2) is 6.83. The molecule has 6 heteroatoms. The van der Waals surface area contributed by atoms with Gasteiger partial charge in [0.25, 0.3) is 5.91 Å². The highest BCUT2D eigenvalue weighted by Crippen LogP contribution is 2.23. The first-order chi connectivity index (χ1) is 9.63. The molecule has 1 aliphatic rings. The first kappa shape index (κ1) is 15.0. The van der Waals surface area contributed by atoms with Crippen LogP contribution < -0.4 is 0 Å². The minimum absolute atomic E-state index is 0.108. The van der Waals surface area contributed by atoms with Gasteiger partial charge in [0.2, 0.25) is 5.01 Å². The summed E-state index contributed by atoms with van der Waals surface area (Å²) >= 11 is 1.16. The van der Waals surface area contributed by atoms with E-state index in [1.54, 1.807) is 17.2 Å². The van der Waals surface area contributed by atoms with Crippen LogP contribution in [0.25, 0.3) is 0 Å². The van der Waals surface area contributed by atoms with Crippen LogP contribution >= 0.6 is 11.3 Å². The van der Waals surface area contributed by atoms with Crippen molar-refractivity contribution in [2.24, 2.45) is 0 Å². The predicted molar refractivity (Wildman–Crippen MR) is 77.0 cm³/mol. The maximum Gasteiger partial charge on any atom is 0.367 e. The van der Waals surface area contributed by atoms with Crippen LogP contribution in [0.3, 0.4) is 0 Å². The van der Waals surface area contributed by atoms with E-state index in [-0.39, 0.29) is 10.9 Å². The van der Waals surface area contributed by atoms with Crippen LogP contribution in [0, 0.1) is 0 Å². The average Bonchev–Trinajstić information content (AvgIpc) is 2.97. The molecule has 0 spiro atoms. The Morgan fingerprint density at radius 3 is 2.75 bits per heavy atom. The van der Waals surface area contributed by atoms with E-state index in [4.69, 9.17) is 4.74 Å². The maximum absolute atomic E-state index is 12.4. The number of hydrogen-bond donors (Lipinski definition) is 0. The molecule has 0 saturated heterocycles. The molecular formula is C14H20N2O3S. The van der Waals surface area contributed by atoms with Crippen LogP contribution in [0.15, 0.2) is 5.38 Å². The van der Waals surface area contributed by atoms with Gasteiger partial charge in [-0.3, -0.25) is 4.79 Å². The maximum atomic E-state index is 12.4. The van der Waals surface area contributed by atoms with Gasteiger partial charge >= 0.3 is 5.97 Å². The molecular weight excluding hydrogens is 276 g/mol. The Bertz CT molecular complexity index is 481. The molecule has 1 heterocycles. The first-order valence-electron chi connectivity index (χ1n) is 7.03. The number of rotatable bonds is 4. The highest BCUT2D eigenvalue weighted by molar-refractivity contribution is 7.11. The van der Waals surface area contributed by atoms with Crippen molar-refractivity contribution in [1.82, 2.24) is 9.88 Å². The third-order valence-electron chi connectivity index (χ3n) is 3.62. The zero-order valence-corrected chi connectivity index (χ0v) is 12.7. The zero-order chi connectivity index (χ0) is 14.5. The van der Waals surface area contributed by atoms with E-state index in [0.29, 0.717) is 18.3 Å². The first-order valence-corrected chi connectivity index (χ1v) is 7.91. The molecule has 0 bridgehead atoms. The minimum Gasteiger partial charge on any atom is -0.461 e. The van der Waals surface area contributed by atoms with Gasteiger partial charge < -0.3 is 9.64 Å². The van der Waals surface area contributed by atoms with E-state index in [2.05, 4.69) is 4.98 Å². The highest BCUT2D eigenvalue weighted by atomic mass is 32.1. The third kappa shape index (κ3) is 3.36. The molecule has 0 aromatic carbocycles. The Hall–Kier alpha value is -1.43. The van der Waals surface area contributed by atoms with Gasteiger partial charge in [-0.1, -0.05) is 19.3 Å². The second-order valence-corrected chi connectivity index (χ2v) is 5.82. The van der Waals surface area contributed by atoms with Crippen molar-refractivity contribution in [2.45, 2.75) is 45.1 Å². The van der Waals surface area contributed by atoms with Gasteiger partial charge in [-0.25, -0.2) is 9.78 Å². The molecule has 0 aliphatic heterocycles. The Morgan fingerprint density at radius 1 is 1.40 bits per heavy atom. The summed E-state index contributed by atoms with van der Waals surface area (Å²) in [4.78, 5) is 29.8. The van der Waals surface area contributed by atoms with E-state index < -0.39 is 5.97 Å². The summed E-state index contributed by atoms with van der Waals surface area (Å²) in [6.45, 7) is 2.05. The summed E-state index contributed by atoms with van der Waals surface area (Å²) in [5.74, 6) is -0.569. The molecule has 0 radical (unpaired) electrons. The fourth-order valence-corrected chi connectivity index (χ4v) is 3.16.